The lowest BCUT2D eigenvalue weighted by molar-refractivity contribution is -0.141. The first kappa shape index (κ1) is 21.3. The Hall–Kier alpha value is -2.96. The number of aromatic nitrogens is 2. The van der Waals surface area contributed by atoms with Crippen LogP contribution in [-0.4, -0.2) is 34.0 Å². The van der Waals surface area contributed by atoms with E-state index in [-0.39, 0.29) is 24.7 Å². The maximum Gasteiger partial charge on any atom is 0.310 e. The smallest absolute Gasteiger partial charge is 0.310 e. The van der Waals surface area contributed by atoms with Crippen LogP contribution in [0.2, 0.25) is 0 Å². The highest BCUT2D eigenvalue weighted by atomic mass is 16.5. The molecule has 0 fully saturated rings. The molecule has 0 unspecified atom stereocenters. The maximum atomic E-state index is 12.3. The van der Waals surface area contributed by atoms with Crippen LogP contribution in [0.5, 0.6) is 0 Å². The summed E-state index contributed by atoms with van der Waals surface area (Å²) in [4.78, 5) is 36.3. The first-order valence-electron chi connectivity index (χ1n) is 9.08. The summed E-state index contributed by atoms with van der Waals surface area (Å²) in [5.41, 5.74) is 3.00. The second kappa shape index (κ2) is 8.37. The van der Waals surface area contributed by atoms with Gasteiger partial charge in [-0.3, -0.25) is 19.1 Å². The Bertz CT molecular complexity index is 890. The number of benzene rings is 1. The van der Waals surface area contributed by atoms with E-state index in [2.05, 4.69) is 10.4 Å². The third-order valence-corrected chi connectivity index (χ3v) is 4.49. The first-order valence-corrected chi connectivity index (χ1v) is 9.08. The number of carbonyl (C=O) groups is 3. The van der Waals surface area contributed by atoms with E-state index in [1.54, 1.807) is 28.9 Å². The van der Waals surface area contributed by atoms with Crippen LogP contribution in [0.1, 0.15) is 48.1 Å². The summed E-state index contributed by atoms with van der Waals surface area (Å²) >= 11 is 0. The molecular weight excluding hydrogens is 358 g/mol. The van der Waals surface area contributed by atoms with Crippen molar-refractivity contribution in [1.29, 1.82) is 0 Å². The molecule has 0 atom stereocenters. The fourth-order valence-electron chi connectivity index (χ4n) is 2.56. The lowest BCUT2D eigenvalue weighted by atomic mass is 9.95. The molecule has 7 heteroatoms. The van der Waals surface area contributed by atoms with Crippen LogP contribution in [0.15, 0.2) is 24.3 Å². The number of amides is 1. The molecule has 0 aliphatic heterocycles. The fraction of sp³-hybridized carbons (Fsp3) is 0.429. The van der Waals surface area contributed by atoms with Crippen molar-refractivity contribution in [1.82, 2.24) is 9.78 Å². The van der Waals surface area contributed by atoms with Crippen molar-refractivity contribution < 1.29 is 19.1 Å². The number of carbonyl (C=O) groups excluding carboxylic acids is 3. The minimum atomic E-state index is -0.506. The number of anilines is 1. The van der Waals surface area contributed by atoms with Crippen molar-refractivity contribution in [3.8, 4) is 0 Å². The van der Waals surface area contributed by atoms with Crippen molar-refractivity contribution in [2.75, 3.05) is 11.9 Å². The van der Waals surface area contributed by atoms with Gasteiger partial charge in [0, 0.05) is 35.0 Å². The van der Waals surface area contributed by atoms with Gasteiger partial charge in [0.25, 0.3) is 0 Å². The van der Waals surface area contributed by atoms with E-state index in [9.17, 15) is 14.4 Å². The number of nitrogens with one attached hydrogen (secondary N) is 1. The van der Waals surface area contributed by atoms with E-state index in [1.807, 2.05) is 41.7 Å². The number of rotatable bonds is 6. The second-order valence-corrected chi connectivity index (χ2v) is 7.82. The molecule has 0 spiro atoms. The van der Waals surface area contributed by atoms with E-state index >= 15 is 0 Å². The van der Waals surface area contributed by atoms with Gasteiger partial charge < -0.3 is 10.1 Å². The zero-order valence-electron chi connectivity index (χ0n) is 17.3. The standard InChI is InChI=1S/C21H27N3O4/c1-13-17(14(2)24(6)23-13)11-19(26)28-12-18(25)15-7-9-16(10-8-15)22-20(27)21(3,4)5/h7-10H,11-12H2,1-6H3,(H,22,27). The van der Waals surface area contributed by atoms with Gasteiger partial charge in [-0.2, -0.15) is 5.10 Å². The Morgan fingerprint density at radius 1 is 1.11 bits per heavy atom. The Morgan fingerprint density at radius 2 is 1.71 bits per heavy atom. The summed E-state index contributed by atoms with van der Waals surface area (Å²) in [7, 11) is 1.81. The van der Waals surface area contributed by atoms with E-state index in [0.29, 0.717) is 11.3 Å². The van der Waals surface area contributed by atoms with E-state index in [0.717, 1.165) is 17.0 Å². The summed E-state index contributed by atoms with van der Waals surface area (Å²) in [5.74, 6) is -0.884. The third kappa shape index (κ3) is 5.28. The summed E-state index contributed by atoms with van der Waals surface area (Å²) in [5, 5.41) is 7.06. The second-order valence-electron chi connectivity index (χ2n) is 7.82. The first-order chi connectivity index (χ1) is 13.0. The van der Waals surface area contributed by atoms with E-state index in [1.165, 1.54) is 0 Å². The molecule has 1 amide bonds. The zero-order valence-corrected chi connectivity index (χ0v) is 17.3. The highest BCUT2D eigenvalue weighted by molar-refractivity contribution is 5.99. The average Bonchev–Trinajstić information content (AvgIpc) is 2.85. The molecule has 2 rings (SSSR count). The lowest BCUT2D eigenvalue weighted by Gasteiger charge is -2.17. The molecule has 7 nitrogen and oxygen atoms in total. The molecule has 1 aromatic carbocycles. The van der Waals surface area contributed by atoms with Crippen LogP contribution in [0.3, 0.4) is 0 Å². The lowest BCUT2D eigenvalue weighted by Crippen LogP contribution is -2.27. The van der Waals surface area contributed by atoms with Gasteiger partial charge >= 0.3 is 5.97 Å². The zero-order chi connectivity index (χ0) is 21.1. The van der Waals surface area contributed by atoms with Gasteiger partial charge in [-0.15, -0.1) is 0 Å². The van der Waals surface area contributed by atoms with Gasteiger partial charge in [-0.05, 0) is 38.1 Å². The number of hydrogen-bond donors (Lipinski definition) is 1. The van der Waals surface area contributed by atoms with Crippen molar-refractivity contribution in [3.05, 3.63) is 46.8 Å². The predicted octanol–water partition coefficient (Wildman–Crippen LogP) is 2.99. The number of Topliss-reactive ketones (excluding diaryl/α,β-unsaturated/α-hetero) is 1. The summed E-state index contributed by atoms with van der Waals surface area (Å²) in [6, 6.07) is 6.51. The minimum absolute atomic E-state index is 0.0799. The molecule has 1 N–H and O–H groups in total. The molecule has 0 bridgehead atoms. The number of ketones is 1. The molecule has 28 heavy (non-hydrogen) atoms. The van der Waals surface area contributed by atoms with Crippen LogP contribution in [0.4, 0.5) is 5.69 Å². The van der Waals surface area contributed by atoms with Crippen LogP contribution in [-0.2, 0) is 27.8 Å². The number of hydrogen-bond acceptors (Lipinski definition) is 5. The fourth-order valence-corrected chi connectivity index (χ4v) is 2.56. The quantitative estimate of drug-likeness (QED) is 0.610. The molecule has 0 saturated heterocycles. The third-order valence-electron chi connectivity index (χ3n) is 4.49. The van der Waals surface area contributed by atoms with E-state index < -0.39 is 11.4 Å². The summed E-state index contributed by atoms with van der Waals surface area (Å²) < 4.78 is 6.84. The van der Waals surface area contributed by atoms with Crippen molar-refractivity contribution in [2.24, 2.45) is 12.5 Å². The molecule has 0 radical (unpaired) electrons. The average molecular weight is 385 g/mol. The van der Waals surface area contributed by atoms with Gasteiger partial charge in [0.15, 0.2) is 12.4 Å². The van der Waals surface area contributed by atoms with Crippen molar-refractivity contribution in [2.45, 2.75) is 41.0 Å². The number of nitrogens with zero attached hydrogens (tertiary/aromatic N) is 2. The Kier molecular flexibility index (Phi) is 6.38. The van der Waals surface area contributed by atoms with Gasteiger partial charge in [-0.25, -0.2) is 0 Å². The summed E-state index contributed by atoms with van der Waals surface area (Å²) in [6.45, 7) is 8.86. The van der Waals surface area contributed by atoms with Crippen molar-refractivity contribution >= 4 is 23.3 Å². The Labute approximate surface area is 165 Å². The summed E-state index contributed by atoms with van der Waals surface area (Å²) in [6.07, 6.45) is 0.0799. The molecule has 0 aliphatic rings. The molecule has 1 aromatic heterocycles. The van der Waals surface area contributed by atoms with Gasteiger partial charge in [0.2, 0.25) is 5.91 Å². The van der Waals surface area contributed by atoms with E-state index in [4.69, 9.17) is 4.74 Å². The van der Waals surface area contributed by atoms with Gasteiger partial charge in [-0.1, -0.05) is 20.8 Å². The number of ether oxygens (including phenoxy) is 1. The number of esters is 1. The van der Waals surface area contributed by atoms with Gasteiger partial charge in [0.1, 0.15) is 0 Å². The maximum absolute atomic E-state index is 12.3. The normalized spacial score (nSPS) is 11.2. The molecule has 0 aliphatic carbocycles. The van der Waals surface area contributed by atoms with Crippen LogP contribution >= 0.6 is 0 Å². The monoisotopic (exact) mass is 385 g/mol. The Morgan fingerprint density at radius 3 is 2.21 bits per heavy atom. The number of aryl methyl sites for hydroxylation is 2. The highest BCUT2D eigenvalue weighted by Gasteiger charge is 2.21. The molecular formula is C21H27N3O4. The van der Waals surface area contributed by atoms with Gasteiger partial charge in [0.05, 0.1) is 12.1 Å². The van der Waals surface area contributed by atoms with Crippen LogP contribution in [0.25, 0.3) is 0 Å². The Balaban J connectivity index is 1.90. The minimum Gasteiger partial charge on any atom is -0.457 e. The molecule has 2 aromatic rings. The SMILES string of the molecule is Cc1nn(C)c(C)c1CC(=O)OCC(=O)c1ccc(NC(=O)C(C)(C)C)cc1. The topological polar surface area (TPSA) is 90.3 Å². The predicted molar refractivity (Wildman–Crippen MR) is 106 cm³/mol. The van der Waals surface area contributed by atoms with Crippen LogP contribution in [0, 0.1) is 19.3 Å². The van der Waals surface area contributed by atoms with Crippen molar-refractivity contribution in [3.63, 3.8) is 0 Å². The highest BCUT2D eigenvalue weighted by Crippen LogP contribution is 2.18. The molecule has 0 saturated carbocycles. The van der Waals surface area contributed by atoms with Crippen LogP contribution < -0.4 is 5.32 Å². The molecule has 1 heterocycles. The molecule has 150 valence electrons. The largest absolute Gasteiger partial charge is 0.457 e.